The highest BCUT2D eigenvalue weighted by molar-refractivity contribution is 7.09. The number of hydrogen-bond donors (Lipinski definition) is 2. The van der Waals surface area contributed by atoms with E-state index in [1.54, 1.807) is 7.11 Å². The summed E-state index contributed by atoms with van der Waals surface area (Å²) < 4.78 is 9.59. The maximum atomic E-state index is 12.6. The molecule has 2 bridgehead atoms. The first-order chi connectivity index (χ1) is 12.2. The van der Waals surface area contributed by atoms with Crippen LogP contribution in [-0.2, 0) is 4.79 Å². The van der Waals surface area contributed by atoms with Crippen LogP contribution in [0.3, 0.4) is 0 Å². The van der Waals surface area contributed by atoms with E-state index in [1.807, 2.05) is 18.2 Å². The maximum Gasteiger partial charge on any atom is 0.290 e. The van der Waals surface area contributed by atoms with Gasteiger partial charge in [-0.2, -0.15) is 4.37 Å². The molecule has 3 saturated heterocycles. The van der Waals surface area contributed by atoms with E-state index in [-0.39, 0.29) is 18.4 Å². The van der Waals surface area contributed by atoms with Crippen molar-refractivity contribution < 1.29 is 19.4 Å². The molecule has 4 heterocycles. The fourth-order valence-corrected chi connectivity index (χ4v) is 4.33. The molecule has 0 spiro atoms. The zero-order valence-corrected chi connectivity index (χ0v) is 14.8. The van der Waals surface area contributed by atoms with Gasteiger partial charge in [-0.3, -0.25) is 9.59 Å². The number of benzene rings is 1. The zero-order valence-electron chi connectivity index (χ0n) is 14.0. The minimum absolute atomic E-state index is 0.0106. The van der Waals surface area contributed by atoms with E-state index < -0.39 is 0 Å². The van der Waals surface area contributed by atoms with Gasteiger partial charge in [-0.05, 0) is 55.5 Å². The number of methoxy groups -OCH3 is 1. The van der Waals surface area contributed by atoms with Gasteiger partial charge in [-0.1, -0.05) is 0 Å². The van der Waals surface area contributed by atoms with Crippen LogP contribution in [0, 0.1) is 5.92 Å². The van der Waals surface area contributed by atoms with Gasteiger partial charge in [0.25, 0.3) is 12.4 Å². The number of amides is 1. The third-order valence-corrected chi connectivity index (χ3v) is 5.74. The first-order valence-electron chi connectivity index (χ1n) is 8.20. The Morgan fingerprint density at radius 3 is 2.76 bits per heavy atom. The molecule has 8 heteroatoms. The minimum atomic E-state index is -0.250. The molecular weight excluding hydrogens is 342 g/mol. The number of carbonyl (C=O) groups is 2. The van der Waals surface area contributed by atoms with Gasteiger partial charge in [0.15, 0.2) is 0 Å². The highest BCUT2D eigenvalue weighted by atomic mass is 32.1. The van der Waals surface area contributed by atoms with E-state index in [2.05, 4.69) is 14.6 Å². The molecule has 25 heavy (non-hydrogen) atoms. The average Bonchev–Trinajstić information content (AvgIpc) is 3.06. The van der Waals surface area contributed by atoms with Crippen molar-refractivity contribution >= 4 is 34.8 Å². The number of nitrogens with zero attached hydrogens (tertiary/aromatic N) is 2. The Bertz CT molecular complexity index is 755. The molecule has 3 aliphatic heterocycles. The third kappa shape index (κ3) is 3.74. The lowest BCUT2D eigenvalue weighted by molar-refractivity contribution is -0.122. The number of hydrogen-bond acceptors (Lipinski definition) is 6. The SMILES string of the molecule is COc1ccc2c(C(=O)NC3CN4CCC3CC4)snc2c1.O=CO. The van der Waals surface area contributed by atoms with Gasteiger partial charge in [0, 0.05) is 24.0 Å². The van der Waals surface area contributed by atoms with Crippen LogP contribution in [-0.4, -0.2) is 59.5 Å². The molecule has 1 atom stereocenters. The number of carbonyl (C=O) groups excluding carboxylic acids is 1. The molecule has 0 saturated carbocycles. The van der Waals surface area contributed by atoms with Crippen molar-refractivity contribution in [3.63, 3.8) is 0 Å². The summed E-state index contributed by atoms with van der Waals surface area (Å²) in [6, 6.07) is 5.95. The fourth-order valence-electron chi connectivity index (χ4n) is 3.58. The predicted molar refractivity (Wildman–Crippen MR) is 95.3 cm³/mol. The summed E-state index contributed by atoms with van der Waals surface area (Å²) in [5.74, 6) is 1.41. The summed E-state index contributed by atoms with van der Waals surface area (Å²) in [6.45, 7) is 3.10. The Hall–Kier alpha value is -2.19. The lowest BCUT2D eigenvalue weighted by Crippen LogP contribution is -2.57. The third-order valence-electron chi connectivity index (χ3n) is 4.86. The van der Waals surface area contributed by atoms with Gasteiger partial charge in [-0.15, -0.1) is 0 Å². The largest absolute Gasteiger partial charge is 0.497 e. The highest BCUT2D eigenvalue weighted by Crippen LogP contribution is 2.29. The minimum Gasteiger partial charge on any atom is -0.497 e. The molecule has 0 aliphatic carbocycles. The van der Waals surface area contributed by atoms with Gasteiger partial charge >= 0.3 is 0 Å². The van der Waals surface area contributed by atoms with Crippen molar-refractivity contribution in [1.82, 2.24) is 14.6 Å². The van der Waals surface area contributed by atoms with Crippen LogP contribution in [0.25, 0.3) is 10.9 Å². The van der Waals surface area contributed by atoms with E-state index in [4.69, 9.17) is 14.6 Å². The van der Waals surface area contributed by atoms with E-state index >= 15 is 0 Å². The van der Waals surface area contributed by atoms with Crippen LogP contribution in [0.15, 0.2) is 18.2 Å². The summed E-state index contributed by atoms with van der Waals surface area (Å²) in [6.07, 6.45) is 2.40. The second-order valence-electron chi connectivity index (χ2n) is 6.22. The van der Waals surface area contributed by atoms with Crippen LogP contribution in [0.2, 0.25) is 0 Å². The fraction of sp³-hybridized carbons (Fsp3) is 0.471. The van der Waals surface area contributed by atoms with E-state index in [1.165, 1.54) is 37.5 Å². The van der Waals surface area contributed by atoms with Crippen molar-refractivity contribution in [3.8, 4) is 5.75 Å². The van der Waals surface area contributed by atoms with Gasteiger partial charge in [0.05, 0.1) is 12.6 Å². The molecular formula is C17H21N3O4S. The molecule has 1 aromatic carbocycles. The number of ether oxygens (including phenoxy) is 1. The number of piperidine rings is 3. The Morgan fingerprint density at radius 1 is 1.44 bits per heavy atom. The van der Waals surface area contributed by atoms with E-state index in [9.17, 15) is 4.79 Å². The molecule has 2 N–H and O–H groups in total. The Balaban J connectivity index is 0.000000569. The Morgan fingerprint density at radius 2 is 2.16 bits per heavy atom. The summed E-state index contributed by atoms with van der Waals surface area (Å²) in [5, 5.41) is 11.0. The lowest BCUT2D eigenvalue weighted by Gasteiger charge is -2.44. The summed E-state index contributed by atoms with van der Waals surface area (Å²) >= 11 is 1.27. The quantitative estimate of drug-likeness (QED) is 0.809. The molecule has 1 unspecified atom stereocenters. The van der Waals surface area contributed by atoms with Gasteiger partial charge in [0.2, 0.25) is 0 Å². The number of carboxylic acid groups (broad SMARTS) is 1. The molecule has 1 amide bonds. The molecule has 7 nitrogen and oxygen atoms in total. The smallest absolute Gasteiger partial charge is 0.290 e. The summed E-state index contributed by atoms with van der Waals surface area (Å²) in [4.78, 5) is 24.1. The number of aromatic nitrogens is 1. The van der Waals surface area contributed by atoms with Crippen molar-refractivity contribution in [1.29, 1.82) is 0 Å². The Kier molecular flexibility index (Phi) is 5.50. The van der Waals surface area contributed by atoms with Crippen molar-refractivity contribution in [2.45, 2.75) is 18.9 Å². The molecule has 2 aromatic rings. The summed E-state index contributed by atoms with van der Waals surface area (Å²) in [7, 11) is 1.63. The van der Waals surface area contributed by atoms with Crippen molar-refractivity contribution in [3.05, 3.63) is 23.1 Å². The van der Waals surface area contributed by atoms with E-state index in [0.29, 0.717) is 10.8 Å². The number of fused-ring (bicyclic) bond motifs is 4. The van der Waals surface area contributed by atoms with Gasteiger partial charge in [0.1, 0.15) is 10.6 Å². The molecule has 0 radical (unpaired) electrons. The van der Waals surface area contributed by atoms with Crippen LogP contribution < -0.4 is 10.1 Å². The van der Waals surface area contributed by atoms with Crippen LogP contribution >= 0.6 is 11.5 Å². The monoisotopic (exact) mass is 363 g/mol. The molecule has 3 fully saturated rings. The normalized spacial score (nSPS) is 24.3. The van der Waals surface area contributed by atoms with Gasteiger partial charge < -0.3 is 20.1 Å². The topological polar surface area (TPSA) is 91.8 Å². The highest BCUT2D eigenvalue weighted by Gasteiger charge is 2.35. The second-order valence-corrected chi connectivity index (χ2v) is 6.99. The van der Waals surface area contributed by atoms with Crippen molar-refractivity contribution in [2.24, 2.45) is 5.92 Å². The maximum absolute atomic E-state index is 12.6. The number of rotatable bonds is 3. The van der Waals surface area contributed by atoms with Crippen LogP contribution in [0.1, 0.15) is 22.5 Å². The standard InChI is InChI=1S/C16H19N3O2S.CH2O2/c1-21-11-2-3-12-13(8-11)18-22-15(12)16(20)17-14-9-19-6-4-10(14)5-7-19;2-1-3/h2-3,8,10,14H,4-7,9H2,1H3,(H,17,20);1H,(H,2,3). The number of nitrogens with one attached hydrogen (secondary N) is 1. The summed E-state index contributed by atoms with van der Waals surface area (Å²) in [5.41, 5.74) is 0.823. The predicted octanol–water partition coefficient (Wildman–Crippen LogP) is 1.83. The van der Waals surface area contributed by atoms with Gasteiger partial charge in [-0.25, -0.2) is 0 Å². The molecule has 5 rings (SSSR count). The first kappa shape index (κ1) is 17.6. The average molecular weight is 363 g/mol. The van der Waals surface area contributed by atoms with Crippen molar-refractivity contribution in [2.75, 3.05) is 26.7 Å². The van der Waals surface area contributed by atoms with E-state index in [0.717, 1.165) is 23.2 Å². The zero-order chi connectivity index (χ0) is 17.8. The first-order valence-corrected chi connectivity index (χ1v) is 8.98. The molecule has 134 valence electrons. The molecule has 1 aromatic heterocycles. The Labute approximate surface area is 149 Å². The van der Waals surface area contributed by atoms with Crippen LogP contribution in [0.4, 0.5) is 0 Å². The lowest BCUT2D eigenvalue weighted by atomic mass is 9.84. The molecule has 3 aliphatic rings. The second kappa shape index (κ2) is 7.79. The van der Waals surface area contributed by atoms with Crippen LogP contribution in [0.5, 0.6) is 5.75 Å².